The van der Waals surface area contributed by atoms with Crippen LogP contribution >= 0.6 is 11.3 Å². The fraction of sp³-hybridized carbons (Fsp3) is 0.489. The number of nitrogens with one attached hydrogen (secondary N) is 3. The molecule has 2 aromatic heterocycles. The molecule has 3 aliphatic heterocycles. The number of benzene rings is 2. The van der Waals surface area contributed by atoms with E-state index < -0.39 is 47.0 Å². The molecule has 1 spiro atoms. The lowest BCUT2D eigenvalue weighted by Crippen LogP contribution is -2.63. The number of anilines is 2. The van der Waals surface area contributed by atoms with Crippen LogP contribution in [0.25, 0.3) is 10.2 Å². The third kappa shape index (κ3) is 7.71. The van der Waals surface area contributed by atoms with E-state index in [1.54, 1.807) is 50.3 Å². The van der Waals surface area contributed by atoms with E-state index in [1.165, 1.54) is 18.9 Å². The van der Waals surface area contributed by atoms with Gasteiger partial charge < -0.3 is 20.6 Å². The van der Waals surface area contributed by atoms with Crippen molar-refractivity contribution in [3.63, 3.8) is 0 Å². The highest BCUT2D eigenvalue weighted by atomic mass is 32.1. The van der Waals surface area contributed by atoms with E-state index in [-0.39, 0.29) is 24.1 Å². The minimum Gasteiger partial charge on any atom is -0.386 e. The topological polar surface area (TPSA) is 174 Å². The predicted octanol–water partition coefficient (Wildman–Crippen LogP) is 6.51. The Kier molecular flexibility index (Phi) is 10.3. The number of imide groups is 2. The van der Waals surface area contributed by atoms with Crippen LogP contribution in [0.1, 0.15) is 125 Å². The number of nitrogens with zero attached hydrogens (tertiary/aromatic N) is 4. The van der Waals surface area contributed by atoms with Crippen molar-refractivity contribution >= 4 is 62.5 Å². The molecule has 1 atom stereocenters. The van der Waals surface area contributed by atoms with Gasteiger partial charge in [0.1, 0.15) is 17.6 Å². The van der Waals surface area contributed by atoms with E-state index in [4.69, 9.17) is 4.98 Å². The lowest BCUT2D eigenvalue weighted by atomic mass is 9.57. The van der Waals surface area contributed by atoms with Crippen LogP contribution in [0.5, 0.6) is 0 Å². The molecule has 0 radical (unpaired) electrons. The van der Waals surface area contributed by atoms with E-state index in [1.807, 2.05) is 12.1 Å². The summed E-state index contributed by atoms with van der Waals surface area (Å²) in [5.74, 6) is -1.44. The lowest BCUT2D eigenvalue weighted by molar-refractivity contribution is -0.136. The van der Waals surface area contributed by atoms with Crippen LogP contribution < -0.4 is 16.0 Å². The molecule has 60 heavy (non-hydrogen) atoms. The maximum absolute atomic E-state index is 14.0. The number of rotatable bonds is 11. The van der Waals surface area contributed by atoms with Crippen molar-refractivity contribution in [2.24, 2.45) is 17.3 Å². The number of hydrogen-bond donors (Lipinski definition) is 4. The van der Waals surface area contributed by atoms with Gasteiger partial charge in [0.15, 0.2) is 0 Å². The Bertz CT molecular complexity index is 2400. The third-order valence-electron chi connectivity index (χ3n) is 13.2. The van der Waals surface area contributed by atoms with Crippen LogP contribution in [0.3, 0.4) is 0 Å². The van der Waals surface area contributed by atoms with Gasteiger partial charge in [0, 0.05) is 67.2 Å². The van der Waals surface area contributed by atoms with Gasteiger partial charge in [0.25, 0.3) is 17.7 Å². The van der Waals surface area contributed by atoms with Gasteiger partial charge in [-0.05, 0) is 120 Å². The number of carbonyl (C=O) groups is 5. The first kappa shape index (κ1) is 40.3. The Balaban J connectivity index is 0.732. The molecule has 9 rings (SSSR count). The molecule has 2 aromatic carbocycles. The summed E-state index contributed by atoms with van der Waals surface area (Å²) in [5, 5.41) is 20.6. The Labute approximate surface area is 351 Å². The van der Waals surface area contributed by atoms with Crippen molar-refractivity contribution in [2.45, 2.75) is 96.1 Å². The average molecular weight is 836 g/mol. The molecule has 2 saturated heterocycles. The summed E-state index contributed by atoms with van der Waals surface area (Å²) in [6, 6.07) is 10.3. The molecule has 15 heteroatoms. The number of pyridine rings is 1. The number of hydrogen-bond acceptors (Lipinski definition) is 11. The first-order valence-corrected chi connectivity index (χ1v) is 21.9. The van der Waals surface area contributed by atoms with Crippen molar-refractivity contribution in [3.8, 4) is 0 Å². The minimum absolute atomic E-state index is 0.0255. The molecule has 5 amide bonds. The zero-order valence-corrected chi connectivity index (χ0v) is 34.9. The molecule has 1 unspecified atom stereocenters. The number of piperidine rings is 1. The molecule has 4 fully saturated rings. The molecular formula is C45H50FN7O6S. The molecule has 2 aliphatic carbocycles. The van der Waals surface area contributed by atoms with Gasteiger partial charge in [0.2, 0.25) is 11.8 Å². The van der Waals surface area contributed by atoms with Gasteiger partial charge in [-0.2, -0.15) is 0 Å². The number of amides is 5. The first-order valence-electron chi connectivity index (χ1n) is 21.1. The zero-order valence-electron chi connectivity index (χ0n) is 34.1. The van der Waals surface area contributed by atoms with Gasteiger partial charge >= 0.3 is 0 Å². The Morgan fingerprint density at radius 2 is 1.75 bits per heavy atom. The van der Waals surface area contributed by atoms with Gasteiger partial charge in [-0.1, -0.05) is 6.07 Å². The van der Waals surface area contributed by atoms with Crippen molar-refractivity contribution < 1.29 is 33.5 Å². The highest BCUT2D eigenvalue weighted by Gasteiger charge is 2.52. The number of likely N-dealkylation sites (tertiary alicyclic amines) is 1. The van der Waals surface area contributed by atoms with Crippen molar-refractivity contribution in [1.29, 1.82) is 0 Å². The van der Waals surface area contributed by atoms with E-state index in [0.717, 1.165) is 77.9 Å². The van der Waals surface area contributed by atoms with E-state index in [2.05, 4.69) is 25.8 Å². The fourth-order valence-electron chi connectivity index (χ4n) is 10.4. The van der Waals surface area contributed by atoms with Gasteiger partial charge in [0.05, 0.1) is 32.0 Å². The second-order valence-electron chi connectivity index (χ2n) is 18.3. The zero-order chi connectivity index (χ0) is 42.1. The molecule has 2 saturated carbocycles. The molecule has 314 valence electrons. The van der Waals surface area contributed by atoms with E-state index in [9.17, 15) is 33.5 Å². The number of carbonyl (C=O) groups excluding carboxylic acids is 5. The van der Waals surface area contributed by atoms with E-state index in [0.29, 0.717) is 57.9 Å². The normalized spacial score (nSPS) is 23.1. The molecule has 4 aromatic rings. The van der Waals surface area contributed by atoms with Crippen LogP contribution in [-0.2, 0) is 15.2 Å². The number of thiazole rings is 1. The Hall–Kier alpha value is -5.12. The summed E-state index contributed by atoms with van der Waals surface area (Å²) >= 11 is 1.63. The van der Waals surface area contributed by atoms with Crippen LogP contribution in [0, 0.1) is 30.0 Å². The van der Waals surface area contributed by atoms with Crippen LogP contribution in [-0.4, -0.2) is 86.6 Å². The van der Waals surface area contributed by atoms with Crippen LogP contribution in [0.15, 0.2) is 42.5 Å². The maximum Gasteiger partial charge on any atom is 0.274 e. The monoisotopic (exact) mass is 835 g/mol. The van der Waals surface area contributed by atoms with Gasteiger partial charge in [-0.15, -0.1) is 11.3 Å². The largest absolute Gasteiger partial charge is 0.386 e. The summed E-state index contributed by atoms with van der Waals surface area (Å²) in [5.41, 5.74) is 2.52. The predicted molar refractivity (Wildman–Crippen MR) is 224 cm³/mol. The highest BCUT2D eigenvalue weighted by Crippen LogP contribution is 2.53. The van der Waals surface area contributed by atoms with Crippen LogP contribution in [0.4, 0.5) is 15.8 Å². The van der Waals surface area contributed by atoms with Gasteiger partial charge in [-0.25, -0.2) is 14.4 Å². The number of aromatic nitrogens is 2. The fourth-order valence-corrected chi connectivity index (χ4v) is 11.6. The number of halogens is 1. The molecule has 4 N–H and O–H groups in total. The maximum atomic E-state index is 14.0. The summed E-state index contributed by atoms with van der Waals surface area (Å²) in [6.45, 7) is 9.06. The summed E-state index contributed by atoms with van der Waals surface area (Å²) < 4.78 is 15.0. The molecular weight excluding hydrogens is 786 g/mol. The molecule has 5 heterocycles. The SMILES string of the molecule is Cc1cc(F)cc(C(=O)Nc2cc3sc([C@H]4CC[C@H](CN5CC6(CC(CCNc7cccc8c7C(=O)N(C7CCC(=O)NC7=O)C8=O)C6)C5)CC4)nc3cc2C(C)(C)O)n1. The summed E-state index contributed by atoms with van der Waals surface area (Å²) in [7, 11) is 0. The summed E-state index contributed by atoms with van der Waals surface area (Å²) in [6.07, 6.45) is 8.04. The third-order valence-corrected chi connectivity index (χ3v) is 14.4. The molecule has 0 bridgehead atoms. The highest BCUT2D eigenvalue weighted by molar-refractivity contribution is 7.18. The Morgan fingerprint density at radius 3 is 2.47 bits per heavy atom. The van der Waals surface area contributed by atoms with Crippen LogP contribution in [0.2, 0.25) is 0 Å². The quantitative estimate of drug-likeness (QED) is 0.122. The molecule has 5 aliphatic rings. The summed E-state index contributed by atoms with van der Waals surface area (Å²) in [4.78, 5) is 76.7. The first-order chi connectivity index (χ1) is 28.6. The van der Waals surface area contributed by atoms with Crippen molar-refractivity contribution in [3.05, 3.63) is 81.4 Å². The lowest BCUT2D eigenvalue weighted by Gasteiger charge is -2.60. The second kappa shape index (κ2) is 15.4. The second-order valence-corrected chi connectivity index (χ2v) is 19.4. The van der Waals surface area contributed by atoms with Crippen molar-refractivity contribution in [2.75, 3.05) is 36.8 Å². The van der Waals surface area contributed by atoms with Crippen molar-refractivity contribution in [1.82, 2.24) is 25.1 Å². The van der Waals surface area contributed by atoms with Gasteiger partial charge in [-0.3, -0.25) is 34.2 Å². The number of fused-ring (bicyclic) bond motifs is 2. The number of aliphatic hydroxyl groups is 1. The standard InChI is InChI=1S/C45H50FN7O6S/c1-24-15-28(46)16-34(48-24)39(55)49-32-18-36-33(17-30(32)44(2,3)59)50-41(60-36)27-9-7-25(8-10-27)21-52-22-45(23-52)19-26(20-45)13-14-47-31-6-4-5-29-38(31)43(58)53(42(29)57)35-11-12-37(54)51-40(35)56/h4-6,15-18,25-27,35,47,59H,7-14,19-23H2,1-3H3,(H,49,55)(H,51,54,56)/t25-,27-,35?. The minimum atomic E-state index is -1.25. The smallest absolute Gasteiger partial charge is 0.274 e. The molecule has 13 nitrogen and oxygen atoms in total. The van der Waals surface area contributed by atoms with E-state index >= 15 is 0 Å². The Morgan fingerprint density at radius 1 is 0.983 bits per heavy atom. The number of aryl methyl sites for hydroxylation is 1. The average Bonchev–Trinajstić information content (AvgIpc) is 3.69.